The lowest BCUT2D eigenvalue weighted by Gasteiger charge is -2.23. The van der Waals surface area contributed by atoms with E-state index in [1.165, 1.54) is 11.3 Å². The third-order valence-electron chi connectivity index (χ3n) is 4.41. The molecule has 3 aromatic heterocycles. The standard InChI is InChI=1S/C16H20N8OS/c1-12(13-10-24-16(21-13)26-11-19-24)20-15(25)23-7-3-6-22(8-9-23)14-17-4-2-5-18-14/h2,4-5,10-12H,3,6-9H2,1H3,(H,20,25)/t12-/m1/s1. The maximum absolute atomic E-state index is 12.6. The van der Waals surface area contributed by atoms with Gasteiger partial charge < -0.3 is 15.1 Å². The molecule has 2 amide bonds. The number of rotatable bonds is 3. The van der Waals surface area contributed by atoms with Crippen LogP contribution in [0.15, 0.2) is 30.2 Å². The van der Waals surface area contributed by atoms with Gasteiger partial charge in [-0.2, -0.15) is 5.10 Å². The molecular formula is C16H20N8OS. The molecule has 1 fully saturated rings. The van der Waals surface area contributed by atoms with Crippen LogP contribution in [-0.2, 0) is 0 Å². The van der Waals surface area contributed by atoms with Crippen molar-refractivity contribution in [2.45, 2.75) is 19.4 Å². The fourth-order valence-electron chi connectivity index (χ4n) is 2.99. The largest absolute Gasteiger partial charge is 0.339 e. The quantitative estimate of drug-likeness (QED) is 0.750. The normalized spacial score (nSPS) is 16.5. The Morgan fingerprint density at radius 1 is 1.23 bits per heavy atom. The molecule has 0 aliphatic carbocycles. The number of aromatic nitrogens is 5. The van der Waals surface area contributed by atoms with Crippen LogP contribution in [0.1, 0.15) is 25.1 Å². The summed E-state index contributed by atoms with van der Waals surface area (Å²) in [5.74, 6) is 0.716. The zero-order chi connectivity index (χ0) is 17.9. The van der Waals surface area contributed by atoms with E-state index >= 15 is 0 Å². The van der Waals surface area contributed by atoms with Gasteiger partial charge in [0.25, 0.3) is 0 Å². The van der Waals surface area contributed by atoms with Crippen molar-refractivity contribution in [1.29, 1.82) is 0 Å². The minimum atomic E-state index is -0.173. The highest BCUT2D eigenvalue weighted by Gasteiger charge is 2.22. The number of nitrogens with zero attached hydrogens (tertiary/aromatic N) is 7. The van der Waals surface area contributed by atoms with Gasteiger partial charge in [0.05, 0.1) is 17.9 Å². The average molecular weight is 372 g/mol. The van der Waals surface area contributed by atoms with Crippen molar-refractivity contribution in [3.63, 3.8) is 0 Å². The van der Waals surface area contributed by atoms with Gasteiger partial charge in [0.15, 0.2) is 0 Å². The average Bonchev–Trinajstić information content (AvgIpc) is 3.16. The molecule has 1 atom stereocenters. The zero-order valence-electron chi connectivity index (χ0n) is 14.4. The zero-order valence-corrected chi connectivity index (χ0v) is 15.3. The van der Waals surface area contributed by atoms with Gasteiger partial charge in [-0.25, -0.2) is 24.3 Å². The van der Waals surface area contributed by atoms with Gasteiger partial charge in [-0.3, -0.25) is 0 Å². The van der Waals surface area contributed by atoms with Crippen molar-refractivity contribution in [3.8, 4) is 0 Å². The Balaban J connectivity index is 1.36. The molecule has 1 aliphatic heterocycles. The van der Waals surface area contributed by atoms with Gasteiger partial charge in [-0.05, 0) is 19.4 Å². The van der Waals surface area contributed by atoms with Crippen molar-refractivity contribution in [1.82, 2.24) is 34.8 Å². The van der Waals surface area contributed by atoms with Crippen LogP contribution in [0.3, 0.4) is 0 Å². The van der Waals surface area contributed by atoms with E-state index in [0.717, 1.165) is 30.2 Å². The molecule has 3 aromatic rings. The third kappa shape index (κ3) is 3.45. The third-order valence-corrected chi connectivity index (χ3v) is 5.10. The molecule has 1 saturated heterocycles. The number of anilines is 1. The highest BCUT2D eigenvalue weighted by Crippen LogP contribution is 2.16. The Kier molecular flexibility index (Phi) is 4.65. The number of imidazole rings is 1. The second-order valence-corrected chi connectivity index (χ2v) is 6.99. The molecular weight excluding hydrogens is 352 g/mol. The van der Waals surface area contributed by atoms with Crippen molar-refractivity contribution >= 4 is 28.3 Å². The minimum Gasteiger partial charge on any atom is -0.339 e. The molecule has 136 valence electrons. The number of nitrogens with one attached hydrogen (secondary N) is 1. The van der Waals surface area contributed by atoms with Gasteiger partial charge in [-0.1, -0.05) is 11.3 Å². The molecule has 0 radical (unpaired) electrons. The van der Waals surface area contributed by atoms with E-state index in [-0.39, 0.29) is 12.1 Å². The van der Waals surface area contributed by atoms with E-state index in [9.17, 15) is 4.79 Å². The number of carbonyl (C=O) groups is 1. The Morgan fingerprint density at radius 3 is 2.88 bits per heavy atom. The van der Waals surface area contributed by atoms with E-state index in [1.54, 1.807) is 28.5 Å². The molecule has 10 heteroatoms. The lowest BCUT2D eigenvalue weighted by molar-refractivity contribution is 0.198. The Hall–Kier alpha value is -2.75. The second kappa shape index (κ2) is 7.24. The van der Waals surface area contributed by atoms with Crippen LogP contribution in [0.5, 0.6) is 0 Å². The van der Waals surface area contributed by atoms with Crippen LogP contribution in [-0.4, -0.2) is 61.7 Å². The van der Waals surface area contributed by atoms with Crippen LogP contribution in [0, 0.1) is 0 Å². The molecule has 1 aliphatic rings. The van der Waals surface area contributed by atoms with E-state index < -0.39 is 0 Å². The maximum atomic E-state index is 12.6. The molecule has 0 spiro atoms. The molecule has 4 heterocycles. The summed E-state index contributed by atoms with van der Waals surface area (Å²) in [6.45, 7) is 4.84. The lowest BCUT2D eigenvalue weighted by atomic mass is 10.2. The maximum Gasteiger partial charge on any atom is 0.317 e. The number of hydrogen-bond donors (Lipinski definition) is 1. The summed E-state index contributed by atoms with van der Waals surface area (Å²) in [6.07, 6.45) is 6.21. The summed E-state index contributed by atoms with van der Waals surface area (Å²) >= 11 is 1.47. The van der Waals surface area contributed by atoms with Gasteiger partial charge in [0.1, 0.15) is 5.51 Å². The molecule has 0 bridgehead atoms. The van der Waals surface area contributed by atoms with E-state index in [0.29, 0.717) is 19.0 Å². The lowest BCUT2D eigenvalue weighted by Crippen LogP contribution is -2.43. The fourth-order valence-corrected chi connectivity index (χ4v) is 3.60. The summed E-state index contributed by atoms with van der Waals surface area (Å²) < 4.78 is 1.73. The molecule has 0 aromatic carbocycles. The number of fused-ring (bicyclic) bond motifs is 1. The van der Waals surface area contributed by atoms with Gasteiger partial charge in [0.2, 0.25) is 10.9 Å². The summed E-state index contributed by atoms with van der Waals surface area (Å²) in [7, 11) is 0. The SMILES string of the molecule is C[C@@H](NC(=O)N1CCCN(c2ncccn2)CC1)c1cn2ncsc2n1. The van der Waals surface area contributed by atoms with Crippen LogP contribution in [0.25, 0.3) is 4.96 Å². The van der Waals surface area contributed by atoms with Crippen molar-refractivity contribution in [2.24, 2.45) is 0 Å². The minimum absolute atomic E-state index is 0.0716. The first-order chi connectivity index (χ1) is 12.7. The summed E-state index contributed by atoms with van der Waals surface area (Å²) in [4.78, 5) is 30.5. The van der Waals surface area contributed by atoms with Crippen molar-refractivity contribution in [2.75, 3.05) is 31.1 Å². The van der Waals surface area contributed by atoms with Gasteiger partial charge >= 0.3 is 6.03 Å². The first-order valence-corrected chi connectivity index (χ1v) is 9.45. The Labute approximate surface area is 154 Å². The first kappa shape index (κ1) is 16.7. The molecule has 1 N–H and O–H groups in total. The van der Waals surface area contributed by atoms with Crippen molar-refractivity contribution < 1.29 is 4.79 Å². The van der Waals surface area contributed by atoms with Crippen LogP contribution >= 0.6 is 11.3 Å². The Bertz CT molecular complexity index is 850. The number of amides is 2. The highest BCUT2D eigenvalue weighted by atomic mass is 32.1. The Morgan fingerprint density at radius 2 is 2.08 bits per heavy atom. The molecule has 0 unspecified atom stereocenters. The van der Waals surface area contributed by atoms with E-state index in [2.05, 4.69) is 30.3 Å². The number of carbonyl (C=O) groups excluding carboxylic acids is 1. The number of urea groups is 1. The first-order valence-electron chi connectivity index (χ1n) is 8.57. The predicted molar refractivity (Wildman–Crippen MR) is 98.2 cm³/mol. The van der Waals surface area contributed by atoms with Crippen LogP contribution < -0.4 is 10.2 Å². The predicted octanol–water partition coefficient (Wildman–Crippen LogP) is 1.56. The van der Waals surface area contributed by atoms with Gasteiger partial charge in [-0.15, -0.1) is 0 Å². The van der Waals surface area contributed by atoms with Crippen LogP contribution in [0.2, 0.25) is 0 Å². The monoisotopic (exact) mass is 372 g/mol. The van der Waals surface area contributed by atoms with Crippen LogP contribution in [0.4, 0.5) is 10.7 Å². The van der Waals surface area contributed by atoms with E-state index in [1.807, 2.05) is 18.0 Å². The topological polar surface area (TPSA) is 91.6 Å². The summed E-state index contributed by atoms with van der Waals surface area (Å²) in [5.41, 5.74) is 2.56. The highest BCUT2D eigenvalue weighted by molar-refractivity contribution is 7.14. The number of hydrogen-bond acceptors (Lipinski definition) is 7. The molecule has 4 rings (SSSR count). The molecule has 0 saturated carbocycles. The fraction of sp³-hybridized carbons (Fsp3) is 0.438. The molecule has 9 nitrogen and oxygen atoms in total. The van der Waals surface area contributed by atoms with E-state index in [4.69, 9.17) is 0 Å². The van der Waals surface area contributed by atoms with Crippen molar-refractivity contribution in [3.05, 3.63) is 35.9 Å². The summed E-state index contributed by atoms with van der Waals surface area (Å²) in [6, 6.07) is 1.56. The van der Waals surface area contributed by atoms with Gasteiger partial charge in [0, 0.05) is 38.6 Å². The smallest absolute Gasteiger partial charge is 0.317 e. The summed E-state index contributed by atoms with van der Waals surface area (Å²) in [5, 5.41) is 7.21. The second-order valence-electron chi connectivity index (χ2n) is 6.18. The molecule has 26 heavy (non-hydrogen) atoms.